The van der Waals surface area contributed by atoms with Crippen LogP contribution in [0.4, 0.5) is 5.69 Å². The van der Waals surface area contributed by atoms with Crippen LogP contribution >= 0.6 is 11.6 Å². The van der Waals surface area contributed by atoms with Crippen molar-refractivity contribution in [2.75, 3.05) is 17.3 Å². The first kappa shape index (κ1) is 19.5. The Morgan fingerprint density at radius 2 is 1.78 bits per heavy atom. The first-order valence-corrected chi connectivity index (χ1v) is 10.5. The van der Waals surface area contributed by atoms with Crippen LogP contribution in [0.15, 0.2) is 53.9 Å². The van der Waals surface area contributed by atoms with Gasteiger partial charge in [0, 0.05) is 16.1 Å². The second-order valence-electron chi connectivity index (χ2n) is 6.58. The molecule has 2 aromatic rings. The van der Waals surface area contributed by atoms with Crippen molar-refractivity contribution in [1.82, 2.24) is 0 Å². The van der Waals surface area contributed by atoms with E-state index in [1.165, 1.54) is 10.3 Å². The molecule has 1 heterocycles. The van der Waals surface area contributed by atoms with Crippen molar-refractivity contribution < 1.29 is 17.9 Å². The fraction of sp³-hybridized carbons (Fsp3) is 0.250. The van der Waals surface area contributed by atoms with Gasteiger partial charge in [-0.2, -0.15) is 0 Å². The SMILES string of the molecule is Cc1cc(C)cc(N(C(=O)COc2ccc(Cl)cc2)[C@@H]2C=CS(=O)(=O)C2)c1. The highest BCUT2D eigenvalue weighted by molar-refractivity contribution is 7.94. The second-order valence-corrected chi connectivity index (χ2v) is 8.95. The standard InChI is InChI=1S/C20H20ClNO4S/c1-14-9-15(2)11-18(10-14)22(17-7-8-27(24,25)13-17)20(23)12-26-19-5-3-16(21)4-6-19/h3-11,17H,12-13H2,1-2H3/t17-/m1/s1. The highest BCUT2D eigenvalue weighted by atomic mass is 35.5. The lowest BCUT2D eigenvalue weighted by Crippen LogP contribution is -2.43. The van der Waals surface area contributed by atoms with Crippen LogP contribution in [0.3, 0.4) is 0 Å². The number of sulfone groups is 1. The molecule has 0 unspecified atom stereocenters. The third kappa shape index (κ3) is 4.90. The monoisotopic (exact) mass is 405 g/mol. The summed E-state index contributed by atoms with van der Waals surface area (Å²) in [5, 5.41) is 1.74. The molecule has 1 atom stereocenters. The first-order valence-electron chi connectivity index (χ1n) is 8.43. The van der Waals surface area contributed by atoms with Crippen LogP contribution in [0.2, 0.25) is 5.02 Å². The summed E-state index contributed by atoms with van der Waals surface area (Å²) in [6.07, 6.45) is 1.55. The molecule has 2 aromatic carbocycles. The van der Waals surface area contributed by atoms with Gasteiger partial charge < -0.3 is 9.64 Å². The van der Waals surface area contributed by atoms with Gasteiger partial charge in [0.25, 0.3) is 5.91 Å². The van der Waals surface area contributed by atoms with Crippen LogP contribution in [-0.2, 0) is 14.6 Å². The van der Waals surface area contributed by atoms with Gasteiger partial charge in [-0.05, 0) is 67.4 Å². The summed E-state index contributed by atoms with van der Waals surface area (Å²) in [6.45, 7) is 3.66. The maximum atomic E-state index is 13.0. The summed E-state index contributed by atoms with van der Waals surface area (Å²) in [7, 11) is -3.30. The van der Waals surface area contributed by atoms with Gasteiger partial charge in [-0.25, -0.2) is 8.42 Å². The van der Waals surface area contributed by atoms with Crippen molar-refractivity contribution in [1.29, 1.82) is 0 Å². The van der Waals surface area contributed by atoms with E-state index in [9.17, 15) is 13.2 Å². The Morgan fingerprint density at radius 3 is 2.33 bits per heavy atom. The van der Waals surface area contributed by atoms with Crippen LogP contribution in [0, 0.1) is 13.8 Å². The normalized spacial score (nSPS) is 17.7. The molecule has 7 heteroatoms. The molecule has 0 aliphatic carbocycles. The topological polar surface area (TPSA) is 63.7 Å². The number of carbonyl (C=O) groups excluding carboxylic acids is 1. The smallest absolute Gasteiger partial charge is 0.265 e. The molecular weight excluding hydrogens is 386 g/mol. The summed E-state index contributed by atoms with van der Waals surface area (Å²) in [4.78, 5) is 14.4. The van der Waals surface area contributed by atoms with Gasteiger partial charge >= 0.3 is 0 Å². The van der Waals surface area contributed by atoms with Gasteiger partial charge in [-0.15, -0.1) is 0 Å². The van der Waals surface area contributed by atoms with Gasteiger partial charge in [-0.1, -0.05) is 17.7 Å². The number of anilines is 1. The number of aryl methyl sites for hydroxylation is 2. The number of hydrogen-bond acceptors (Lipinski definition) is 4. The minimum atomic E-state index is -3.30. The quantitative estimate of drug-likeness (QED) is 0.761. The highest BCUT2D eigenvalue weighted by Crippen LogP contribution is 2.26. The lowest BCUT2D eigenvalue weighted by atomic mass is 10.1. The van der Waals surface area contributed by atoms with E-state index < -0.39 is 15.9 Å². The molecule has 27 heavy (non-hydrogen) atoms. The predicted octanol–water partition coefficient (Wildman–Crippen LogP) is 3.68. The fourth-order valence-corrected chi connectivity index (χ4v) is 4.47. The van der Waals surface area contributed by atoms with Crippen LogP contribution in [0.1, 0.15) is 11.1 Å². The van der Waals surface area contributed by atoms with Crippen LogP contribution in [0.25, 0.3) is 0 Å². The van der Waals surface area contributed by atoms with Crippen molar-refractivity contribution in [3.63, 3.8) is 0 Å². The third-order valence-electron chi connectivity index (χ3n) is 4.17. The van der Waals surface area contributed by atoms with E-state index in [0.29, 0.717) is 16.5 Å². The van der Waals surface area contributed by atoms with Crippen LogP contribution in [0.5, 0.6) is 5.75 Å². The molecule has 1 aliphatic rings. The van der Waals surface area contributed by atoms with E-state index in [2.05, 4.69) is 0 Å². The van der Waals surface area contributed by atoms with Crippen molar-refractivity contribution in [2.24, 2.45) is 0 Å². The largest absolute Gasteiger partial charge is 0.484 e. The molecule has 0 aromatic heterocycles. The summed E-state index contributed by atoms with van der Waals surface area (Å²) in [5.41, 5.74) is 2.64. The zero-order chi connectivity index (χ0) is 19.6. The van der Waals surface area contributed by atoms with Crippen molar-refractivity contribution >= 4 is 33.0 Å². The molecule has 0 bridgehead atoms. The molecule has 3 rings (SSSR count). The average molecular weight is 406 g/mol. The maximum Gasteiger partial charge on any atom is 0.265 e. The molecule has 5 nitrogen and oxygen atoms in total. The maximum absolute atomic E-state index is 13.0. The second kappa shape index (κ2) is 7.74. The van der Waals surface area contributed by atoms with Crippen molar-refractivity contribution in [2.45, 2.75) is 19.9 Å². The van der Waals surface area contributed by atoms with E-state index >= 15 is 0 Å². The molecule has 1 amide bonds. The van der Waals surface area contributed by atoms with Gasteiger partial charge in [-0.3, -0.25) is 4.79 Å². The van der Waals surface area contributed by atoms with E-state index in [1.54, 1.807) is 30.3 Å². The molecule has 0 radical (unpaired) electrons. The molecule has 0 saturated carbocycles. The van der Waals surface area contributed by atoms with Gasteiger partial charge in [0.05, 0.1) is 11.8 Å². The molecule has 1 aliphatic heterocycles. The number of ether oxygens (including phenoxy) is 1. The number of benzene rings is 2. The van der Waals surface area contributed by atoms with E-state index in [0.717, 1.165) is 11.1 Å². The van der Waals surface area contributed by atoms with E-state index in [1.807, 2.05) is 32.0 Å². The minimum Gasteiger partial charge on any atom is -0.484 e. The van der Waals surface area contributed by atoms with Gasteiger partial charge in [0.1, 0.15) is 5.75 Å². The summed E-state index contributed by atoms with van der Waals surface area (Å²) in [6, 6.07) is 11.9. The number of nitrogens with zero attached hydrogens (tertiary/aromatic N) is 1. The zero-order valence-corrected chi connectivity index (χ0v) is 16.6. The lowest BCUT2D eigenvalue weighted by molar-refractivity contribution is -0.120. The fourth-order valence-electron chi connectivity index (χ4n) is 3.08. The highest BCUT2D eigenvalue weighted by Gasteiger charge is 2.31. The van der Waals surface area contributed by atoms with Crippen molar-refractivity contribution in [3.05, 3.63) is 70.1 Å². The average Bonchev–Trinajstić information content (AvgIpc) is 2.93. The molecule has 142 valence electrons. The Hall–Kier alpha value is -2.31. The Morgan fingerprint density at radius 1 is 1.15 bits per heavy atom. The molecule has 0 spiro atoms. The number of carbonyl (C=O) groups is 1. The zero-order valence-electron chi connectivity index (χ0n) is 15.1. The Labute approximate surface area is 164 Å². The third-order valence-corrected chi connectivity index (χ3v) is 5.80. The Kier molecular flexibility index (Phi) is 5.58. The summed E-state index contributed by atoms with van der Waals surface area (Å²) >= 11 is 5.85. The van der Waals surface area contributed by atoms with E-state index in [-0.39, 0.29) is 18.3 Å². The summed E-state index contributed by atoms with van der Waals surface area (Å²) in [5.74, 6) is 0.0663. The van der Waals surface area contributed by atoms with Gasteiger partial charge in [0.15, 0.2) is 16.4 Å². The minimum absolute atomic E-state index is 0.132. The number of amides is 1. The van der Waals surface area contributed by atoms with Crippen LogP contribution < -0.4 is 9.64 Å². The van der Waals surface area contributed by atoms with Gasteiger partial charge in [0.2, 0.25) is 0 Å². The van der Waals surface area contributed by atoms with Crippen LogP contribution in [-0.4, -0.2) is 32.7 Å². The number of rotatable bonds is 5. The Bertz CT molecular complexity index is 963. The molecule has 0 saturated heterocycles. The summed E-state index contributed by atoms with van der Waals surface area (Å²) < 4.78 is 29.3. The van der Waals surface area contributed by atoms with E-state index in [4.69, 9.17) is 16.3 Å². The molecular formula is C20H20ClNO4S. The number of hydrogen-bond donors (Lipinski definition) is 0. The molecule has 0 N–H and O–H groups in total. The van der Waals surface area contributed by atoms with Crippen molar-refractivity contribution in [3.8, 4) is 5.75 Å². The molecule has 0 fully saturated rings. The number of halogens is 1. The Balaban J connectivity index is 1.85. The predicted molar refractivity (Wildman–Crippen MR) is 107 cm³/mol. The first-order chi connectivity index (χ1) is 12.7. The lowest BCUT2D eigenvalue weighted by Gasteiger charge is -2.28.